The zero-order chi connectivity index (χ0) is 13.1. The summed E-state index contributed by atoms with van der Waals surface area (Å²) in [6.45, 7) is 2.46. The lowest BCUT2D eigenvalue weighted by molar-refractivity contribution is 0.619. The molecule has 0 saturated heterocycles. The quantitative estimate of drug-likeness (QED) is 0.917. The van der Waals surface area contributed by atoms with E-state index in [0.717, 1.165) is 23.2 Å². The summed E-state index contributed by atoms with van der Waals surface area (Å²) in [6, 6.07) is 5.09. The van der Waals surface area contributed by atoms with Crippen molar-refractivity contribution in [1.82, 2.24) is 10.3 Å². The number of nitrogens with zero attached hydrogens (tertiary/aromatic N) is 1. The first-order chi connectivity index (χ1) is 8.61. The molecule has 2 aromatic rings. The number of rotatable bonds is 3. The maximum Gasteiger partial charge on any atom is 0.127 e. The first-order valence-electron chi connectivity index (χ1n) is 5.66. The SMILES string of the molecule is CNCc1cncc(-c2cc(C)c(F)cc2Cl)c1. The Morgan fingerprint density at radius 3 is 2.78 bits per heavy atom. The van der Waals surface area contributed by atoms with Crippen LogP contribution in [0.25, 0.3) is 11.1 Å². The highest BCUT2D eigenvalue weighted by atomic mass is 35.5. The van der Waals surface area contributed by atoms with Crippen LogP contribution in [0.4, 0.5) is 4.39 Å². The normalized spacial score (nSPS) is 10.7. The molecule has 0 aliphatic carbocycles. The van der Waals surface area contributed by atoms with Gasteiger partial charge in [-0.1, -0.05) is 11.6 Å². The molecule has 0 fully saturated rings. The lowest BCUT2D eigenvalue weighted by Gasteiger charge is -2.08. The zero-order valence-electron chi connectivity index (χ0n) is 10.3. The fraction of sp³-hybridized carbons (Fsp3) is 0.214. The molecule has 0 saturated carbocycles. The lowest BCUT2D eigenvalue weighted by atomic mass is 10.0. The molecule has 18 heavy (non-hydrogen) atoms. The summed E-state index contributed by atoms with van der Waals surface area (Å²) in [4.78, 5) is 4.18. The molecule has 1 heterocycles. The standard InChI is InChI=1S/C14H14ClFN2/c1-9-3-12(13(15)5-14(9)16)11-4-10(6-17-2)7-18-8-11/h3-5,7-8,17H,6H2,1-2H3. The highest BCUT2D eigenvalue weighted by Crippen LogP contribution is 2.30. The smallest absolute Gasteiger partial charge is 0.127 e. The summed E-state index contributed by atoms with van der Waals surface area (Å²) in [7, 11) is 1.88. The zero-order valence-corrected chi connectivity index (χ0v) is 11.1. The predicted octanol–water partition coefficient (Wildman–Crippen LogP) is 3.57. The predicted molar refractivity (Wildman–Crippen MR) is 72.1 cm³/mol. The third kappa shape index (κ3) is 2.68. The second-order valence-electron chi connectivity index (χ2n) is 4.19. The molecule has 2 nitrogen and oxygen atoms in total. The van der Waals surface area contributed by atoms with E-state index >= 15 is 0 Å². The first kappa shape index (κ1) is 13.0. The summed E-state index contributed by atoms with van der Waals surface area (Å²) >= 11 is 6.08. The van der Waals surface area contributed by atoms with Crippen LogP contribution in [0.1, 0.15) is 11.1 Å². The van der Waals surface area contributed by atoms with Gasteiger partial charge < -0.3 is 5.32 Å². The molecule has 0 atom stereocenters. The number of hydrogen-bond donors (Lipinski definition) is 1. The Labute approximate surface area is 111 Å². The number of nitrogens with one attached hydrogen (secondary N) is 1. The van der Waals surface area contributed by atoms with E-state index < -0.39 is 0 Å². The van der Waals surface area contributed by atoms with Gasteiger partial charge in [0.05, 0.1) is 5.02 Å². The largest absolute Gasteiger partial charge is 0.316 e. The van der Waals surface area contributed by atoms with Gasteiger partial charge in [-0.15, -0.1) is 0 Å². The molecule has 2 rings (SSSR count). The molecular formula is C14H14ClFN2. The monoisotopic (exact) mass is 264 g/mol. The second kappa shape index (κ2) is 5.46. The third-order valence-electron chi connectivity index (χ3n) is 2.74. The van der Waals surface area contributed by atoms with Crippen molar-refractivity contribution >= 4 is 11.6 Å². The van der Waals surface area contributed by atoms with Crippen LogP contribution in [0, 0.1) is 12.7 Å². The molecule has 1 aromatic carbocycles. The van der Waals surface area contributed by atoms with E-state index in [2.05, 4.69) is 10.3 Å². The van der Waals surface area contributed by atoms with E-state index in [1.165, 1.54) is 6.07 Å². The minimum Gasteiger partial charge on any atom is -0.316 e. The van der Waals surface area contributed by atoms with E-state index in [1.54, 1.807) is 25.4 Å². The first-order valence-corrected chi connectivity index (χ1v) is 6.04. The van der Waals surface area contributed by atoms with Crippen LogP contribution in [-0.2, 0) is 6.54 Å². The van der Waals surface area contributed by atoms with Gasteiger partial charge in [-0.05, 0) is 43.3 Å². The fourth-order valence-corrected chi connectivity index (χ4v) is 2.07. The van der Waals surface area contributed by atoms with Crippen molar-refractivity contribution in [3.63, 3.8) is 0 Å². The second-order valence-corrected chi connectivity index (χ2v) is 4.60. The molecule has 4 heteroatoms. The summed E-state index contributed by atoms with van der Waals surface area (Å²) in [5, 5.41) is 3.47. The molecule has 0 aliphatic rings. The minimum absolute atomic E-state index is 0.289. The summed E-state index contributed by atoms with van der Waals surface area (Å²) in [5.74, 6) is -0.289. The van der Waals surface area contributed by atoms with E-state index in [1.807, 2.05) is 13.1 Å². The maximum atomic E-state index is 13.4. The maximum absolute atomic E-state index is 13.4. The van der Waals surface area contributed by atoms with Crippen LogP contribution in [0.3, 0.4) is 0 Å². The average molecular weight is 265 g/mol. The Morgan fingerprint density at radius 1 is 1.28 bits per heavy atom. The lowest BCUT2D eigenvalue weighted by Crippen LogP contribution is -2.05. The molecule has 0 spiro atoms. The highest BCUT2D eigenvalue weighted by Gasteiger charge is 2.08. The van der Waals surface area contributed by atoms with Crippen LogP contribution in [-0.4, -0.2) is 12.0 Å². The van der Waals surface area contributed by atoms with E-state index in [-0.39, 0.29) is 5.82 Å². The molecule has 0 unspecified atom stereocenters. The van der Waals surface area contributed by atoms with Gasteiger partial charge >= 0.3 is 0 Å². The summed E-state index contributed by atoms with van der Waals surface area (Å²) in [5.41, 5.74) is 3.35. The Bertz CT molecular complexity index is 570. The number of pyridine rings is 1. The van der Waals surface area contributed by atoms with Crippen LogP contribution in [0.15, 0.2) is 30.6 Å². The number of halogens is 2. The molecule has 0 radical (unpaired) electrons. The van der Waals surface area contributed by atoms with Crippen LogP contribution < -0.4 is 5.32 Å². The summed E-state index contributed by atoms with van der Waals surface area (Å²) in [6.07, 6.45) is 3.53. The van der Waals surface area contributed by atoms with Crippen molar-refractivity contribution in [3.8, 4) is 11.1 Å². The number of aromatic nitrogens is 1. The van der Waals surface area contributed by atoms with Crippen molar-refractivity contribution in [2.24, 2.45) is 0 Å². The number of hydrogen-bond acceptors (Lipinski definition) is 2. The molecule has 94 valence electrons. The molecule has 0 amide bonds. The highest BCUT2D eigenvalue weighted by molar-refractivity contribution is 6.33. The van der Waals surface area contributed by atoms with Gasteiger partial charge in [-0.3, -0.25) is 4.98 Å². The van der Waals surface area contributed by atoms with Gasteiger partial charge in [-0.25, -0.2) is 4.39 Å². The molecular weight excluding hydrogens is 251 g/mol. The van der Waals surface area contributed by atoms with Crippen LogP contribution in [0.2, 0.25) is 5.02 Å². The van der Waals surface area contributed by atoms with Gasteiger partial charge in [0.25, 0.3) is 0 Å². The Balaban J connectivity index is 2.48. The van der Waals surface area contributed by atoms with E-state index in [0.29, 0.717) is 10.6 Å². The average Bonchev–Trinajstić information content (AvgIpc) is 2.34. The topological polar surface area (TPSA) is 24.9 Å². The Morgan fingerprint density at radius 2 is 2.06 bits per heavy atom. The van der Waals surface area contributed by atoms with Gasteiger partial charge in [0.2, 0.25) is 0 Å². The van der Waals surface area contributed by atoms with Crippen molar-refractivity contribution in [1.29, 1.82) is 0 Å². The molecule has 1 N–H and O–H groups in total. The van der Waals surface area contributed by atoms with Crippen LogP contribution in [0.5, 0.6) is 0 Å². The Kier molecular flexibility index (Phi) is 3.94. The number of aryl methyl sites for hydroxylation is 1. The molecule has 1 aromatic heterocycles. The van der Waals surface area contributed by atoms with Gasteiger partial charge in [-0.2, -0.15) is 0 Å². The van der Waals surface area contributed by atoms with Gasteiger partial charge in [0.1, 0.15) is 5.82 Å². The van der Waals surface area contributed by atoms with Crippen molar-refractivity contribution in [2.75, 3.05) is 7.05 Å². The molecule has 0 bridgehead atoms. The third-order valence-corrected chi connectivity index (χ3v) is 3.05. The van der Waals surface area contributed by atoms with Crippen molar-refractivity contribution < 1.29 is 4.39 Å². The molecule has 0 aliphatic heterocycles. The van der Waals surface area contributed by atoms with Crippen molar-refractivity contribution in [3.05, 3.63) is 52.6 Å². The van der Waals surface area contributed by atoms with Gasteiger partial charge in [0.15, 0.2) is 0 Å². The van der Waals surface area contributed by atoms with Crippen molar-refractivity contribution in [2.45, 2.75) is 13.5 Å². The fourth-order valence-electron chi connectivity index (χ4n) is 1.81. The summed E-state index contributed by atoms with van der Waals surface area (Å²) < 4.78 is 13.4. The van der Waals surface area contributed by atoms with Gasteiger partial charge in [0, 0.05) is 30.1 Å². The van der Waals surface area contributed by atoms with Crippen LogP contribution >= 0.6 is 11.6 Å². The Hall–Kier alpha value is -1.45. The number of benzene rings is 1. The van der Waals surface area contributed by atoms with E-state index in [4.69, 9.17) is 11.6 Å². The van der Waals surface area contributed by atoms with E-state index in [9.17, 15) is 4.39 Å². The minimum atomic E-state index is -0.289.